The molecule has 0 saturated carbocycles. The summed E-state index contributed by atoms with van der Waals surface area (Å²) in [5.41, 5.74) is 0.850. The number of ether oxygens (including phenoxy) is 2. The van der Waals surface area contributed by atoms with Gasteiger partial charge in [-0.25, -0.2) is 4.79 Å². The lowest BCUT2D eigenvalue weighted by molar-refractivity contribution is 0.102. The molecule has 0 heterocycles. The second-order valence-electron chi connectivity index (χ2n) is 3.44. The third kappa shape index (κ3) is 4.97. The number of carbonyl (C=O) groups excluding carboxylic acids is 1. The number of methoxy groups -OCH3 is 1. The van der Waals surface area contributed by atoms with Crippen LogP contribution >= 0.6 is 0 Å². The average Bonchev–Trinajstić information content (AvgIpc) is 2.39. The van der Waals surface area contributed by atoms with Gasteiger partial charge in [-0.05, 0) is 6.92 Å². The molecular formula is C13H18N2O3. The molecule has 1 aromatic carbocycles. The lowest BCUT2D eigenvalue weighted by Gasteiger charge is -2.09. The van der Waals surface area contributed by atoms with Crippen molar-refractivity contribution in [3.8, 4) is 0 Å². The van der Waals surface area contributed by atoms with Crippen LogP contribution in [0.25, 0.3) is 0 Å². The first kappa shape index (κ1) is 14.2. The minimum absolute atomic E-state index is 0.219. The van der Waals surface area contributed by atoms with Gasteiger partial charge in [0.15, 0.2) is 0 Å². The number of hydrogen-bond acceptors (Lipinski definition) is 4. The number of aliphatic imine (C=N–C) groups is 1. The number of nitrogens with zero attached hydrogens (tertiary/aromatic N) is 1. The maximum atomic E-state index is 11.5. The summed E-state index contributed by atoms with van der Waals surface area (Å²) in [6, 6.07) is 9.44. The molecule has 5 heteroatoms. The normalized spacial score (nSPS) is 11.1. The molecule has 1 N–H and O–H groups in total. The van der Waals surface area contributed by atoms with E-state index in [1.54, 1.807) is 7.11 Å². The molecule has 0 saturated heterocycles. The summed E-state index contributed by atoms with van der Waals surface area (Å²) < 4.78 is 9.72. The minimum Gasteiger partial charge on any atom is -0.447 e. The van der Waals surface area contributed by atoms with Crippen molar-refractivity contribution in [2.75, 3.05) is 26.9 Å². The van der Waals surface area contributed by atoms with E-state index in [0.29, 0.717) is 19.0 Å². The predicted molar refractivity (Wildman–Crippen MR) is 69.9 cm³/mol. The van der Waals surface area contributed by atoms with E-state index >= 15 is 0 Å². The highest BCUT2D eigenvalue weighted by molar-refractivity contribution is 6.06. The van der Waals surface area contributed by atoms with Gasteiger partial charge in [0.05, 0.1) is 6.61 Å². The van der Waals surface area contributed by atoms with Crippen molar-refractivity contribution < 1.29 is 14.3 Å². The van der Waals surface area contributed by atoms with Gasteiger partial charge < -0.3 is 9.47 Å². The number of nitrogens with one attached hydrogen (secondary N) is 1. The van der Waals surface area contributed by atoms with Gasteiger partial charge in [0.25, 0.3) is 0 Å². The number of amides is 1. The number of hydrogen-bond donors (Lipinski definition) is 1. The molecule has 0 aromatic heterocycles. The molecule has 0 aliphatic carbocycles. The van der Waals surface area contributed by atoms with Gasteiger partial charge in [-0.2, -0.15) is 0 Å². The Hall–Kier alpha value is -1.88. The van der Waals surface area contributed by atoms with Crippen LogP contribution < -0.4 is 5.32 Å². The summed E-state index contributed by atoms with van der Waals surface area (Å²) in [6.45, 7) is 3.08. The van der Waals surface area contributed by atoms with Gasteiger partial charge in [-0.3, -0.25) is 10.3 Å². The fraction of sp³-hybridized carbons (Fsp3) is 0.385. The van der Waals surface area contributed by atoms with Crippen LogP contribution in [0.15, 0.2) is 35.3 Å². The predicted octanol–water partition coefficient (Wildman–Crippen LogP) is 1.83. The fourth-order valence-electron chi connectivity index (χ4n) is 1.31. The molecular weight excluding hydrogens is 232 g/mol. The van der Waals surface area contributed by atoms with Crippen molar-refractivity contribution in [2.45, 2.75) is 6.92 Å². The Morgan fingerprint density at radius 2 is 2.00 bits per heavy atom. The topological polar surface area (TPSA) is 59.9 Å². The monoisotopic (exact) mass is 250 g/mol. The van der Waals surface area contributed by atoms with Gasteiger partial charge in [0.1, 0.15) is 12.4 Å². The Morgan fingerprint density at radius 3 is 2.61 bits per heavy atom. The zero-order valence-corrected chi connectivity index (χ0v) is 10.7. The van der Waals surface area contributed by atoms with Gasteiger partial charge in [0.2, 0.25) is 0 Å². The number of carbonyl (C=O) groups is 1. The molecule has 1 amide bonds. The number of benzene rings is 1. The van der Waals surface area contributed by atoms with E-state index in [4.69, 9.17) is 9.47 Å². The van der Waals surface area contributed by atoms with Gasteiger partial charge in [0, 0.05) is 19.2 Å². The van der Waals surface area contributed by atoms with Crippen LogP contribution in [-0.4, -0.2) is 38.8 Å². The largest absolute Gasteiger partial charge is 0.447 e. The van der Waals surface area contributed by atoms with Gasteiger partial charge in [-0.1, -0.05) is 30.3 Å². The van der Waals surface area contributed by atoms with Crippen LogP contribution in [-0.2, 0) is 9.47 Å². The van der Waals surface area contributed by atoms with E-state index in [1.165, 1.54) is 0 Å². The molecule has 0 spiro atoms. The summed E-state index contributed by atoms with van der Waals surface area (Å²) in [5, 5.41) is 2.63. The molecule has 98 valence electrons. The Balaban J connectivity index is 2.59. The van der Waals surface area contributed by atoms with Crippen molar-refractivity contribution in [3.05, 3.63) is 35.9 Å². The molecule has 5 nitrogen and oxygen atoms in total. The van der Waals surface area contributed by atoms with Crippen molar-refractivity contribution in [2.24, 2.45) is 4.99 Å². The molecule has 1 rings (SSSR count). The maximum Gasteiger partial charge on any atom is 0.412 e. The van der Waals surface area contributed by atoms with Crippen molar-refractivity contribution >= 4 is 11.9 Å². The first-order valence-electron chi connectivity index (χ1n) is 5.80. The molecule has 0 aliphatic rings. The van der Waals surface area contributed by atoms with Crippen molar-refractivity contribution in [3.63, 3.8) is 0 Å². The zero-order valence-electron chi connectivity index (χ0n) is 10.7. The van der Waals surface area contributed by atoms with Crippen LogP contribution in [0.3, 0.4) is 0 Å². The summed E-state index contributed by atoms with van der Waals surface area (Å²) in [4.78, 5) is 15.7. The van der Waals surface area contributed by atoms with Crippen LogP contribution in [0.4, 0.5) is 4.79 Å². The Kier molecular flexibility index (Phi) is 6.50. The first-order chi connectivity index (χ1) is 8.77. The van der Waals surface area contributed by atoms with Crippen LogP contribution in [0, 0.1) is 0 Å². The van der Waals surface area contributed by atoms with E-state index in [1.807, 2.05) is 37.3 Å². The number of rotatable bonds is 5. The summed E-state index contributed by atoms with van der Waals surface area (Å²) >= 11 is 0. The number of amidine groups is 1. The van der Waals surface area contributed by atoms with Gasteiger partial charge in [-0.15, -0.1) is 0 Å². The maximum absolute atomic E-state index is 11.5. The van der Waals surface area contributed by atoms with Gasteiger partial charge >= 0.3 is 6.09 Å². The smallest absolute Gasteiger partial charge is 0.412 e. The van der Waals surface area contributed by atoms with E-state index in [-0.39, 0.29) is 6.61 Å². The molecule has 0 fully saturated rings. The van der Waals surface area contributed by atoms with Crippen LogP contribution in [0.2, 0.25) is 0 Å². The third-order valence-corrected chi connectivity index (χ3v) is 2.10. The molecule has 0 aliphatic heterocycles. The molecule has 0 radical (unpaired) electrons. The molecule has 0 unspecified atom stereocenters. The highest BCUT2D eigenvalue weighted by Gasteiger charge is 2.08. The highest BCUT2D eigenvalue weighted by Crippen LogP contribution is 2.00. The highest BCUT2D eigenvalue weighted by atomic mass is 16.6. The molecule has 0 atom stereocenters. The van der Waals surface area contributed by atoms with Crippen molar-refractivity contribution in [1.82, 2.24) is 5.32 Å². The zero-order chi connectivity index (χ0) is 13.2. The fourth-order valence-corrected chi connectivity index (χ4v) is 1.31. The molecule has 0 bridgehead atoms. The second-order valence-corrected chi connectivity index (χ2v) is 3.44. The average molecular weight is 250 g/mol. The second kappa shape index (κ2) is 8.25. The summed E-state index contributed by atoms with van der Waals surface area (Å²) in [7, 11) is 1.55. The lowest BCUT2D eigenvalue weighted by Crippen LogP contribution is -2.32. The SMILES string of the molecule is CCN=C(NC(=O)OCCOC)c1ccccc1. The Labute approximate surface area is 107 Å². The lowest BCUT2D eigenvalue weighted by atomic mass is 10.2. The van der Waals surface area contributed by atoms with E-state index in [0.717, 1.165) is 5.56 Å². The third-order valence-electron chi connectivity index (χ3n) is 2.10. The van der Waals surface area contributed by atoms with E-state index in [9.17, 15) is 4.79 Å². The Bertz CT molecular complexity index is 390. The van der Waals surface area contributed by atoms with E-state index in [2.05, 4.69) is 10.3 Å². The number of alkyl carbamates (subject to hydrolysis) is 1. The molecule has 18 heavy (non-hydrogen) atoms. The van der Waals surface area contributed by atoms with Crippen LogP contribution in [0.5, 0.6) is 0 Å². The summed E-state index contributed by atoms with van der Waals surface area (Å²) in [6.07, 6.45) is -0.525. The first-order valence-corrected chi connectivity index (χ1v) is 5.80. The van der Waals surface area contributed by atoms with Crippen molar-refractivity contribution in [1.29, 1.82) is 0 Å². The van der Waals surface area contributed by atoms with E-state index < -0.39 is 6.09 Å². The van der Waals surface area contributed by atoms with Crippen LogP contribution in [0.1, 0.15) is 12.5 Å². The molecule has 1 aromatic rings. The standard InChI is InChI=1S/C13H18N2O3/c1-3-14-12(11-7-5-4-6-8-11)15-13(16)18-10-9-17-2/h4-8H,3,9-10H2,1-2H3,(H,14,15,16). The Morgan fingerprint density at radius 1 is 1.28 bits per heavy atom. The quantitative estimate of drug-likeness (QED) is 0.492. The minimum atomic E-state index is -0.525. The summed E-state index contributed by atoms with van der Waals surface area (Å²) in [5.74, 6) is 0.514.